The number of carboxylic acid groups (broad SMARTS) is 2. The van der Waals surface area contributed by atoms with E-state index in [1.165, 1.54) is 84.5 Å². The Kier molecular flexibility index (Phi) is 19.4. The molecule has 13 nitrogen and oxygen atoms in total. The molecule has 0 radical (unpaired) electrons. The van der Waals surface area contributed by atoms with E-state index in [1.54, 1.807) is 80.3 Å². The molecule has 98 heavy (non-hydrogen) atoms. The third kappa shape index (κ3) is 12.1. The van der Waals surface area contributed by atoms with Crippen molar-refractivity contribution in [3.05, 3.63) is 99.0 Å². The van der Waals surface area contributed by atoms with Gasteiger partial charge in [0.1, 0.15) is 24.2 Å². The highest BCUT2D eigenvalue weighted by molar-refractivity contribution is 7.34. The van der Waals surface area contributed by atoms with Crippen LogP contribution in [0.1, 0.15) is 181 Å². The van der Waals surface area contributed by atoms with E-state index in [0.717, 1.165) is 108 Å². The average Bonchev–Trinajstić information content (AvgIpc) is 1.56. The lowest BCUT2D eigenvalue weighted by Gasteiger charge is -2.16. The molecule has 0 saturated heterocycles. The normalized spacial score (nSPS) is 15.9. The van der Waals surface area contributed by atoms with Crippen LogP contribution in [0.25, 0.3) is 58.5 Å². The fourth-order valence-electron chi connectivity index (χ4n) is 14.9. The predicted molar refractivity (Wildman–Crippen MR) is 419 cm³/mol. The van der Waals surface area contributed by atoms with Gasteiger partial charge in [0.2, 0.25) is 0 Å². The third-order valence-corrected chi connectivity index (χ3v) is 42.7. The molecule has 0 unspecified atom stereocenters. The van der Waals surface area contributed by atoms with E-state index in [-0.39, 0.29) is 48.3 Å². The number of aliphatic carboxylic acids is 2. The molecular weight excluding hydrogens is 1450 g/mol. The van der Waals surface area contributed by atoms with Gasteiger partial charge in [0.25, 0.3) is 35.4 Å². The van der Waals surface area contributed by atoms with Gasteiger partial charge in [-0.1, -0.05) is 90.6 Å². The Labute approximate surface area is 610 Å². The van der Waals surface area contributed by atoms with Crippen molar-refractivity contribution in [3.8, 4) is 58.5 Å². The van der Waals surface area contributed by atoms with Crippen molar-refractivity contribution >= 4 is 205 Å². The maximum atomic E-state index is 13.5. The second-order valence-electron chi connectivity index (χ2n) is 28.2. The number of nitrogens with zero attached hydrogens (tertiary/aromatic N) is 3. The lowest BCUT2D eigenvalue weighted by molar-refractivity contribution is -0.138. The first kappa shape index (κ1) is 70.7. The molecule has 15 heterocycles. The summed E-state index contributed by atoms with van der Waals surface area (Å²) in [5.74, 6) is -2.40. The Morgan fingerprint density at radius 3 is 0.888 bits per heavy atom. The van der Waals surface area contributed by atoms with Crippen molar-refractivity contribution in [2.24, 2.45) is 0 Å². The van der Waals surface area contributed by atoms with Gasteiger partial charge < -0.3 is 10.2 Å². The van der Waals surface area contributed by atoms with Crippen LogP contribution in [0, 0.1) is 41.5 Å². The van der Waals surface area contributed by atoms with E-state index in [9.17, 15) is 38.4 Å². The van der Waals surface area contributed by atoms with E-state index in [2.05, 4.69) is 96.5 Å². The summed E-state index contributed by atoms with van der Waals surface area (Å²) in [6.45, 7) is 27.7. The molecule has 0 bridgehead atoms. The fraction of sp³-hybridized carbons (Fsp3) is 0.397. The molecule has 9 aromatic rings. The van der Waals surface area contributed by atoms with Gasteiger partial charge in [0.05, 0.1) is 48.0 Å². The second-order valence-corrected chi connectivity index (χ2v) is 51.8. The second kappa shape index (κ2) is 26.9. The van der Waals surface area contributed by atoms with Gasteiger partial charge in [0.15, 0.2) is 0 Å². The van der Waals surface area contributed by atoms with E-state index < -0.39 is 36.2 Å². The summed E-state index contributed by atoms with van der Waals surface area (Å²) >= 11 is 15.7. The van der Waals surface area contributed by atoms with Crippen LogP contribution in [0.2, 0.25) is 39.3 Å². The monoisotopic (exact) mass is 1530 g/mol. The van der Waals surface area contributed by atoms with Crippen molar-refractivity contribution in [1.29, 1.82) is 0 Å². The molecule has 15 rings (SSSR count). The molecule has 512 valence electrons. The SMILES string of the molecule is Cc1cc2c(s1)-c1sc(-c3sc(C)c4c3C(=O)N(C)C4=O)cc1[Si]2(C)C.Cc1cc2c(s1)-c1sc(-c3sc(C)c4c3C(=O)N(CCCCCCCCC(=O)O)C4=O)cc1[Si]2(C)C.Cc1cc2c(s1)-c1sc(-c3sc(C)c4c3C(=O)N(CCCCCCCCC(=O)O)C4=O)cc1[Si]2(C)C. The Bertz CT molecular complexity index is 4650. The van der Waals surface area contributed by atoms with E-state index in [0.29, 0.717) is 59.3 Å². The smallest absolute Gasteiger partial charge is 0.303 e. The van der Waals surface area contributed by atoms with Gasteiger partial charge in [-0.05, 0) is 135 Å². The van der Waals surface area contributed by atoms with Crippen molar-refractivity contribution in [2.45, 2.75) is 171 Å². The first-order chi connectivity index (χ1) is 46.4. The number of carbonyl (C=O) groups is 8. The molecule has 6 amide bonds. The average molecular weight is 1530 g/mol. The van der Waals surface area contributed by atoms with Crippen LogP contribution in [-0.4, -0.2) is 117 Å². The summed E-state index contributed by atoms with van der Waals surface area (Å²) in [5.41, 5.74) is 3.64. The Morgan fingerprint density at radius 1 is 0.327 bits per heavy atom. The van der Waals surface area contributed by atoms with Crippen LogP contribution in [0.5, 0.6) is 0 Å². The highest BCUT2D eigenvalue weighted by Gasteiger charge is 2.48. The lowest BCUT2D eigenvalue weighted by Crippen LogP contribution is -2.48. The molecule has 0 saturated carbocycles. The molecule has 2 N–H and O–H groups in total. The number of hydrogen-bond donors (Lipinski definition) is 2. The zero-order valence-corrected chi connectivity index (χ0v) is 67.8. The summed E-state index contributed by atoms with van der Waals surface area (Å²) in [4.78, 5) is 125. The highest BCUT2D eigenvalue weighted by atomic mass is 32.1. The van der Waals surface area contributed by atoms with Crippen molar-refractivity contribution < 1.29 is 48.6 Å². The molecule has 0 aromatic carbocycles. The first-order valence-corrected chi connectivity index (χ1v) is 49.9. The van der Waals surface area contributed by atoms with E-state index in [4.69, 9.17) is 10.2 Å². The summed E-state index contributed by atoms with van der Waals surface area (Å²) in [6, 6.07) is 14.0. The fourth-order valence-corrected chi connectivity index (χ4v) is 40.0. The molecule has 0 fully saturated rings. The van der Waals surface area contributed by atoms with Crippen molar-refractivity contribution in [2.75, 3.05) is 20.1 Å². The lowest BCUT2D eigenvalue weighted by atomic mass is 10.1. The zero-order valence-electron chi connectivity index (χ0n) is 57.5. The predicted octanol–water partition coefficient (Wildman–Crippen LogP) is 16.9. The largest absolute Gasteiger partial charge is 0.481 e. The Balaban J connectivity index is 0.000000134. The van der Waals surface area contributed by atoms with Crippen LogP contribution < -0.4 is 31.1 Å². The highest BCUT2D eigenvalue weighted by Crippen LogP contribution is 2.51. The summed E-state index contributed by atoms with van der Waals surface area (Å²) in [7, 11) is -3.58. The summed E-state index contributed by atoms with van der Waals surface area (Å²) in [6.07, 6.45) is 11.1. The quantitative estimate of drug-likeness (QED) is 0.0398. The number of carboxylic acids is 2. The van der Waals surface area contributed by atoms with Gasteiger partial charge in [-0.2, -0.15) is 0 Å². The number of amides is 6. The molecule has 0 atom stereocenters. The Hall–Kier alpha value is -5.69. The molecule has 6 aliphatic rings. The minimum atomic E-state index is -1.74. The van der Waals surface area contributed by atoms with Crippen LogP contribution in [-0.2, 0) is 9.59 Å². The molecule has 0 aliphatic carbocycles. The third-order valence-electron chi connectivity index (χ3n) is 20.3. The van der Waals surface area contributed by atoms with E-state index in [1.807, 2.05) is 54.8 Å². The van der Waals surface area contributed by atoms with Gasteiger partial charge in [-0.25, -0.2) is 0 Å². The number of rotatable bonds is 21. The van der Waals surface area contributed by atoms with Gasteiger partial charge in [0, 0.05) is 106 Å². The van der Waals surface area contributed by atoms with Crippen LogP contribution in [0.4, 0.5) is 0 Å². The number of carbonyl (C=O) groups excluding carboxylic acids is 6. The summed E-state index contributed by atoms with van der Waals surface area (Å²) in [5, 5.41) is 26.4. The topological polar surface area (TPSA) is 187 Å². The molecule has 6 aliphatic heterocycles. The minimum Gasteiger partial charge on any atom is -0.481 e. The van der Waals surface area contributed by atoms with Gasteiger partial charge in [-0.3, -0.25) is 53.1 Å². The number of fused-ring (bicyclic) bond motifs is 12. The number of unbranched alkanes of at least 4 members (excludes halogenated alkanes) is 10. The maximum absolute atomic E-state index is 13.5. The van der Waals surface area contributed by atoms with Crippen molar-refractivity contribution in [3.63, 3.8) is 0 Å². The van der Waals surface area contributed by atoms with Crippen LogP contribution >= 0.6 is 102 Å². The zero-order chi connectivity index (χ0) is 70.1. The number of hydrogen-bond acceptors (Lipinski definition) is 17. The molecular formula is C73H79N3O10S9Si3. The molecule has 25 heteroatoms. The van der Waals surface area contributed by atoms with Crippen LogP contribution in [0.15, 0.2) is 36.4 Å². The van der Waals surface area contributed by atoms with Gasteiger partial charge >= 0.3 is 11.9 Å². The minimum absolute atomic E-state index is 0.145. The molecule has 9 aromatic heterocycles. The summed E-state index contributed by atoms with van der Waals surface area (Å²) < 4.78 is 0. The number of thiophene rings is 9. The van der Waals surface area contributed by atoms with E-state index >= 15 is 0 Å². The molecule has 0 spiro atoms. The Morgan fingerprint density at radius 2 is 0.571 bits per heavy atom. The van der Waals surface area contributed by atoms with Gasteiger partial charge in [-0.15, -0.1) is 102 Å². The standard InChI is InChI=1S/2C27H31NO4S3Si.C19H17NO2S3Si/c2*1-15-13-18-24(33-15)25-19(36(18,3)4)14-17(35-25)23-22-21(16(2)34-23)26(31)28(27(22)32)12-10-8-6-5-7-9-11-20(29)30;1-8-6-11-16(23-8)17-12(26(11,4)5)7-10(25-17)15-14-13(9(2)24-15)18(21)20(3)19(14)22/h2*13-14H,5-12H2,1-4H3,(H,29,30);6-7H,1-5H3. The first-order valence-electron chi connectivity index (χ1n) is 33.6. The number of imide groups is 3. The maximum Gasteiger partial charge on any atom is 0.303 e. The van der Waals surface area contributed by atoms with Crippen molar-refractivity contribution in [1.82, 2.24) is 14.7 Å². The number of aryl methyl sites for hydroxylation is 6. The van der Waals surface area contributed by atoms with Crippen LogP contribution in [0.3, 0.4) is 0 Å².